The van der Waals surface area contributed by atoms with Crippen molar-refractivity contribution in [3.8, 4) is 11.8 Å². The van der Waals surface area contributed by atoms with Crippen molar-refractivity contribution in [3.63, 3.8) is 0 Å². The highest BCUT2D eigenvalue weighted by Crippen LogP contribution is 2.26. The average molecular weight is 514 g/mol. The molecule has 0 unspecified atom stereocenters. The second-order valence-corrected chi connectivity index (χ2v) is 9.63. The molecule has 1 aliphatic rings. The van der Waals surface area contributed by atoms with Gasteiger partial charge in [0, 0.05) is 23.7 Å². The van der Waals surface area contributed by atoms with Crippen LogP contribution in [0.2, 0.25) is 5.02 Å². The van der Waals surface area contributed by atoms with Crippen molar-refractivity contribution < 1.29 is 28.6 Å². The number of amides is 2. The van der Waals surface area contributed by atoms with Gasteiger partial charge in [0.2, 0.25) is 5.91 Å². The average Bonchev–Trinajstić information content (AvgIpc) is 2.83. The van der Waals surface area contributed by atoms with Gasteiger partial charge in [-0.1, -0.05) is 17.7 Å². The van der Waals surface area contributed by atoms with E-state index in [2.05, 4.69) is 0 Å². The SMILES string of the molecule is COC(=O)c1ccc(C#N)c(OCC[C@H]2CN(c3cccc(Cl)c3)C(=O)CN2C(=O)OC(C)(C)C)c1. The minimum Gasteiger partial charge on any atom is -0.492 e. The van der Waals surface area contributed by atoms with Crippen LogP contribution in [0.15, 0.2) is 42.5 Å². The van der Waals surface area contributed by atoms with E-state index in [9.17, 15) is 19.6 Å². The zero-order valence-electron chi connectivity index (χ0n) is 20.6. The van der Waals surface area contributed by atoms with Crippen LogP contribution in [0.1, 0.15) is 43.1 Å². The number of ether oxygens (including phenoxy) is 3. The second kappa shape index (κ2) is 11.3. The van der Waals surface area contributed by atoms with E-state index in [1.54, 1.807) is 49.9 Å². The molecule has 0 spiro atoms. The van der Waals surface area contributed by atoms with Crippen molar-refractivity contribution in [1.82, 2.24) is 4.90 Å². The number of halogens is 1. The smallest absolute Gasteiger partial charge is 0.411 e. The number of esters is 1. The van der Waals surface area contributed by atoms with Crippen molar-refractivity contribution in [2.45, 2.75) is 38.8 Å². The van der Waals surface area contributed by atoms with E-state index in [1.807, 2.05) is 6.07 Å². The van der Waals surface area contributed by atoms with Crippen molar-refractivity contribution in [3.05, 3.63) is 58.6 Å². The van der Waals surface area contributed by atoms with E-state index in [0.29, 0.717) is 17.1 Å². The Morgan fingerprint density at radius 3 is 2.58 bits per heavy atom. The molecule has 190 valence electrons. The molecule has 9 nitrogen and oxygen atoms in total. The predicted molar refractivity (Wildman–Crippen MR) is 133 cm³/mol. The summed E-state index contributed by atoms with van der Waals surface area (Å²) in [5.41, 5.74) is 0.393. The number of hydrogen-bond donors (Lipinski definition) is 0. The van der Waals surface area contributed by atoms with Gasteiger partial charge >= 0.3 is 12.1 Å². The Balaban J connectivity index is 1.81. The number of nitrogens with zero attached hydrogens (tertiary/aromatic N) is 3. The molecule has 0 aliphatic carbocycles. The van der Waals surface area contributed by atoms with E-state index in [4.69, 9.17) is 25.8 Å². The largest absolute Gasteiger partial charge is 0.492 e. The van der Waals surface area contributed by atoms with E-state index in [-0.39, 0.29) is 42.5 Å². The van der Waals surface area contributed by atoms with Crippen LogP contribution >= 0.6 is 11.6 Å². The van der Waals surface area contributed by atoms with Gasteiger partial charge in [0.25, 0.3) is 0 Å². The molecule has 1 atom stereocenters. The third-order valence-electron chi connectivity index (χ3n) is 5.42. The summed E-state index contributed by atoms with van der Waals surface area (Å²) in [6.07, 6.45) is -0.270. The maximum atomic E-state index is 13.0. The number of rotatable bonds is 6. The Labute approximate surface area is 215 Å². The Morgan fingerprint density at radius 1 is 1.19 bits per heavy atom. The molecule has 3 rings (SSSR count). The number of hydrogen-bond acceptors (Lipinski definition) is 7. The monoisotopic (exact) mass is 513 g/mol. The summed E-state index contributed by atoms with van der Waals surface area (Å²) in [6, 6.07) is 12.9. The van der Waals surface area contributed by atoms with Gasteiger partial charge < -0.3 is 19.1 Å². The van der Waals surface area contributed by atoms with Crippen LogP contribution in [0, 0.1) is 11.3 Å². The van der Waals surface area contributed by atoms with Crippen LogP contribution in [-0.4, -0.2) is 61.3 Å². The highest BCUT2D eigenvalue weighted by atomic mass is 35.5. The van der Waals surface area contributed by atoms with Gasteiger partial charge in [0.15, 0.2) is 0 Å². The van der Waals surface area contributed by atoms with E-state index < -0.39 is 23.7 Å². The molecule has 2 aromatic carbocycles. The fourth-order valence-corrected chi connectivity index (χ4v) is 3.91. The molecular formula is C26H28ClN3O6. The summed E-state index contributed by atoms with van der Waals surface area (Å²) in [7, 11) is 1.27. The van der Waals surface area contributed by atoms with E-state index in [1.165, 1.54) is 30.2 Å². The van der Waals surface area contributed by atoms with Crippen LogP contribution < -0.4 is 9.64 Å². The van der Waals surface area contributed by atoms with Crippen molar-refractivity contribution >= 4 is 35.3 Å². The maximum absolute atomic E-state index is 13.0. The van der Waals surface area contributed by atoms with Crippen LogP contribution in [0.25, 0.3) is 0 Å². The second-order valence-electron chi connectivity index (χ2n) is 9.20. The predicted octanol–water partition coefficient (Wildman–Crippen LogP) is 4.42. The van der Waals surface area contributed by atoms with Crippen LogP contribution in [-0.2, 0) is 14.3 Å². The lowest BCUT2D eigenvalue weighted by molar-refractivity contribution is -0.122. The normalized spacial score (nSPS) is 15.8. The lowest BCUT2D eigenvalue weighted by Crippen LogP contribution is -2.59. The summed E-state index contributed by atoms with van der Waals surface area (Å²) in [5, 5.41) is 9.91. The highest BCUT2D eigenvalue weighted by molar-refractivity contribution is 6.30. The Kier molecular flexibility index (Phi) is 8.43. The molecule has 1 fully saturated rings. The summed E-state index contributed by atoms with van der Waals surface area (Å²) in [5.74, 6) is -0.593. The summed E-state index contributed by atoms with van der Waals surface area (Å²) >= 11 is 6.12. The molecule has 2 aromatic rings. The Morgan fingerprint density at radius 2 is 1.94 bits per heavy atom. The molecular weight excluding hydrogens is 486 g/mol. The quantitative estimate of drug-likeness (QED) is 0.526. The number of nitriles is 1. The molecule has 0 saturated carbocycles. The molecule has 1 saturated heterocycles. The number of piperazine rings is 1. The zero-order chi connectivity index (χ0) is 26.5. The van der Waals surface area contributed by atoms with Gasteiger partial charge in [-0.2, -0.15) is 5.26 Å². The lowest BCUT2D eigenvalue weighted by Gasteiger charge is -2.41. The first-order chi connectivity index (χ1) is 17.0. The molecule has 0 aromatic heterocycles. The summed E-state index contributed by atoms with van der Waals surface area (Å²) in [6.45, 7) is 5.41. The third kappa shape index (κ3) is 6.67. The Hall–Kier alpha value is -3.77. The van der Waals surface area contributed by atoms with Gasteiger partial charge in [-0.15, -0.1) is 0 Å². The molecule has 10 heteroatoms. The number of anilines is 1. The van der Waals surface area contributed by atoms with Crippen LogP contribution in [0.4, 0.5) is 10.5 Å². The van der Waals surface area contributed by atoms with E-state index in [0.717, 1.165) is 0 Å². The summed E-state index contributed by atoms with van der Waals surface area (Å²) in [4.78, 5) is 40.7. The van der Waals surface area contributed by atoms with Crippen LogP contribution in [0.5, 0.6) is 5.75 Å². The minimum absolute atomic E-state index is 0.112. The van der Waals surface area contributed by atoms with Crippen molar-refractivity contribution in [2.75, 3.05) is 31.7 Å². The number of methoxy groups -OCH3 is 1. The molecule has 0 radical (unpaired) electrons. The maximum Gasteiger partial charge on any atom is 0.411 e. The first kappa shape index (κ1) is 26.8. The molecule has 1 heterocycles. The van der Waals surface area contributed by atoms with Crippen LogP contribution in [0.3, 0.4) is 0 Å². The van der Waals surface area contributed by atoms with Gasteiger partial charge in [-0.3, -0.25) is 9.69 Å². The number of benzene rings is 2. The summed E-state index contributed by atoms with van der Waals surface area (Å²) < 4.78 is 16.1. The van der Waals surface area contributed by atoms with Gasteiger partial charge in [-0.25, -0.2) is 9.59 Å². The van der Waals surface area contributed by atoms with Gasteiger partial charge in [0.05, 0.1) is 30.9 Å². The number of carbonyl (C=O) groups excluding carboxylic acids is 3. The molecule has 0 N–H and O–H groups in total. The molecule has 1 aliphatic heterocycles. The third-order valence-corrected chi connectivity index (χ3v) is 5.66. The standard InChI is InChI=1S/C26H28ClN3O6/c1-26(2,3)36-25(33)30-16-23(31)29(20-7-5-6-19(27)13-20)15-21(30)10-11-35-22-12-17(24(32)34-4)8-9-18(22)14-28/h5-9,12-13,21H,10-11,15-16H2,1-4H3/t21-/m0/s1. The highest BCUT2D eigenvalue weighted by Gasteiger charge is 2.37. The van der Waals surface area contributed by atoms with Crippen molar-refractivity contribution in [1.29, 1.82) is 5.26 Å². The fraction of sp³-hybridized carbons (Fsp3) is 0.385. The molecule has 2 amide bonds. The topological polar surface area (TPSA) is 109 Å². The van der Waals surface area contributed by atoms with Crippen molar-refractivity contribution in [2.24, 2.45) is 0 Å². The molecule has 36 heavy (non-hydrogen) atoms. The minimum atomic E-state index is -0.735. The van der Waals surface area contributed by atoms with Gasteiger partial charge in [-0.05, 0) is 57.2 Å². The van der Waals surface area contributed by atoms with Gasteiger partial charge in [0.1, 0.15) is 24.0 Å². The molecule has 0 bridgehead atoms. The Bertz CT molecular complexity index is 1190. The first-order valence-electron chi connectivity index (χ1n) is 11.3. The number of carbonyl (C=O) groups is 3. The fourth-order valence-electron chi connectivity index (χ4n) is 3.73. The first-order valence-corrected chi connectivity index (χ1v) is 11.7. The van der Waals surface area contributed by atoms with E-state index >= 15 is 0 Å². The zero-order valence-corrected chi connectivity index (χ0v) is 21.4. The lowest BCUT2D eigenvalue weighted by atomic mass is 10.1.